The number of halogens is 4. The number of carbonyl (C=O) groups excluding carboxylic acids is 1. The number of ether oxygens (including phenoxy) is 1. The van der Waals surface area contributed by atoms with E-state index in [-0.39, 0.29) is 23.0 Å². The molecule has 1 aromatic heterocycles. The quantitative estimate of drug-likeness (QED) is 0.583. The number of benzene rings is 1. The SMILES string of the molecule is O=C(NCc1ccccc1OC1CCCC1)C1CCN(c2ncc(C(F)(F)F)cc2Cl)CC1. The van der Waals surface area contributed by atoms with E-state index in [0.29, 0.717) is 38.3 Å². The van der Waals surface area contributed by atoms with Gasteiger partial charge in [-0.2, -0.15) is 13.2 Å². The predicted octanol–water partition coefficient (Wildman–Crippen LogP) is 5.61. The van der Waals surface area contributed by atoms with Gasteiger partial charge in [-0.15, -0.1) is 0 Å². The van der Waals surface area contributed by atoms with Gasteiger partial charge >= 0.3 is 6.18 Å². The van der Waals surface area contributed by atoms with E-state index in [9.17, 15) is 18.0 Å². The van der Waals surface area contributed by atoms with Gasteiger partial charge in [-0.25, -0.2) is 4.98 Å². The van der Waals surface area contributed by atoms with Crippen LogP contribution in [0.5, 0.6) is 5.75 Å². The minimum Gasteiger partial charge on any atom is -0.490 e. The Bertz CT molecular complexity index is 972. The summed E-state index contributed by atoms with van der Waals surface area (Å²) in [5, 5.41) is 2.98. The number of para-hydroxylation sites is 1. The first-order valence-electron chi connectivity index (χ1n) is 11.3. The lowest BCUT2D eigenvalue weighted by Crippen LogP contribution is -2.40. The maximum absolute atomic E-state index is 12.8. The molecule has 2 fully saturated rings. The predicted molar refractivity (Wildman–Crippen MR) is 120 cm³/mol. The normalized spacial score (nSPS) is 17.9. The van der Waals surface area contributed by atoms with Crippen LogP contribution in [0.1, 0.15) is 49.7 Å². The molecular formula is C24H27ClF3N3O2. The zero-order chi connectivity index (χ0) is 23.4. The number of nitrogens with one attached hydrogen (secondary N) is 1. The van der Waals surface area contributed by atoms with Gasteiger partial charge < -0.3 is 15.0 Å². The van der Waals surface area contributed by atoms with Gasteiger partial charge in [0, 0.05) is 37.3 Å². The largest absolute Gasteiger partial charge is 0.490 e. The lowest BCUT2D eigenvalue weighted by molar-refractivity contribution is -0.137. The molecule has 1 aliphatic carbocycles. The van der Waals surface area contributed by atoms with Crippen LogP contribution in [-0.2, 0) is 17.5 Å². The van der Waals surface area contributed by atoms with Crippen molar-refractivity contribution in [3.63, 3.8) is 0 Å². The van der Waals surface area contributed by atoms with Gasteiger partial charge in [0.15, 0.2) is 0 Å². The number of piperidine rings is 1. The van der Waals surface area contributed by atoms with E-state index in [4.69, 9.17) is 16.3 Å². The molecule has 4 rings (SSSR count). The van der Waals surface area contributed by atoms with Crippen molar-refractivity contribution in [2.45, 2.75) is 57.3 Å². The molecule has 1 saturated heterocycles. The fraction of sp³-hybridized carbons (Fsp3) is 0.500. The number of rotatable bonds is 6. The zero-order valence-corrected chi connectivity index (χ0v) is 19.0. The van der Waals surface area contributed by atoms with Crippen molar-refractivity contribution in [3.05, 3.63) is 52.7 Å². The summed E-state index contributed by atoms with van der Waals surface area (Å²) >= 11 is 6.07. The van der Waals surface area contributed by atoms with Crippen LogP contribution in [0.4, 0.5) is 19.0 Å². The van der Waals surface area contributed by atoms with Gasteiger partial charge in [-0.3, -0.25) is 4.79 Å². The molecule has 0 unspecified atom stereocenters. The highest BCUT2D eigenvalue weighted by Gasteiger charge is 2.33. The molecule has 0 spiro atoms. The first-order chi connectivity index (χ1) is 15.8. The highest BCUT2D eigenvalue weighted by molar-refractivity contribution is 6.33. The van der Waals surface area contributed by atoms with E-state index in [1.165, 1.54) is 12.8 Å². The number of hydrogen-bond donors (Lipinski definition) is 1. The van der Waals surface area contributed by atoms with E-state index in [2.05, 4.69) is 10.3 Å². The molecule has 178 valence electrons. The third kappa shape index (κ3) is 5.91. The highest BCUT2D eigenvalue weighted by atomic mass is 35.5. The van der Waals surface area contributed by atoms with Crippen LogP contribution in [0.25, 0.3) is 0 Å². The van der Waals surface area contributed by atoms with Crippen molar-refractivity contribution < 1.29 is 22.7 Å². The summed E-state index contributed by atoms with van der Waals surface area (Å²) in [6.45, 7) is 1.39. The number of nitrogens with zero attached hydrogens (tertiary/aromatic N) is 2. The van der Waals surface area contributed by atoms with Gasteiger partial charge in [0.2, 0.25) is 5.91 Å². The molecule has 1 amide bonds. The Morgan fingerprint density at radius 3 is 2.52 bits per heavy atom. The molecule has 1 saturated carbocycles. The molecule has 2 heterocycles. The van der Waals surface area contributed by atoms with Crippen LogP contribution in [0.2, 0.25) is 5.02 Å². The number of aromatic nitrogens is 1. The standard InChI is InChI=1S/C24H27ClF3N3O2/c25-20-13-18(24(26,27)28)15-29-22(20)31-11-9-16(10-12-31)23(32)30-14-17-5-1-4-8-21(17)33-19-6-2-3-7-19/h1,4-5,8,13,15-16,19H,2-3,6-7,9-12,14H2,(H,30,32). The van der Waals surface area contributed by atoms with E-state index in [0.717, 1.165) is 36.4 Å². The second-order valence-electron chi connectivity index (χ2n) is 8.64. The second-order valence-corrected chi connectivity index (χ2v) is 9.05. The third-order valence-electron chi connectivity index (χ3n) is 6.34. The number of alkyl halides is 3. The molecular weight excluding hydrogens is 455 g/mol. The average molecular weight is 482 g/mol. The monoisotopic (exact) mass is 481 g/mol. The molecule has 2 aliphatic rings. The molecule has 1 N–H and O–H groups in total. The van der Waals surface area contributed by atoms with Crippen LogP contribution in [-0.4, -0.2) is 30.1 Å². The van der Waals surface area contributed by atoms with Gasteiger partial charge in [-0.05, 0) is 50.7 Å². The van der Waals surface area contributed by atoms with Gasteiger partial charge in [0.05, 0.1) is 16.7 Å². The minimum atomic E-state index is -4.49. The highest BCUT2D eigenvalue weighted by Crippen LogP contribution is 2.34. The molecule has 33 heavy (non-hydrogen) atoms. The fourth-order valence-electron chi connectivity index (χ4n) is 4.45. The number of anilines is 1. The number of carbonyl (C=O) groups is 1. The van der Waals surface area contributed by atoms with Gasteiger partial charge in [0.1, 0.15) is 11.6 Å². The van der Waals surface area contributed by atoms with Crippen LogP contribution < -0.4 is 15.0 Å². The van der Waals surface area contributed by atoms with Crippen molar-refractivity contribution in [3.8, 4) is 5.75 Å². The summed E-state index contributed by atoms with van der Waals surface area (Å²) in [6, 6.07) is 8.67. The Kier molecular flexibility index (Phi) is 7.32. The lowest BCUT2D eigenvalue weighted by Gasteiger charge is -2.32. The molecule has 2 aromatic rings. The Balaban J connectivity index is 1.30. The fourth-order valence-corrected chi connectivity index (χ4v) is 4.74. The molecule has 9 heteroatoms. The summed E-state index contributed by atoms with van der Waals surface area (Å²) in [5.41, 5.74) is 0.0821. The van der Waals surface area contributed by atoms with Crippen LogP contribution >= 0.6 is 11.6 Å². The topological polar surface area (TPSA) is 54.5 Å². The van der Waals surface area contributed by atoms with Crippen molar-refractivity contribution >= 4 is 23.3 Å². The number of amides is 1. The Morgan fingerprint density at radius 2 is 1.85 bits per heavy atom. The van der Waals surface area contributed by atoms with E-state index in [1.54, 1.807) is 0 Å². The molecule has 1 aromatic carbocycles. The van der Waals surface area contributed by atoms with E-state index < -0.39 is 11.7 Å². The van der Waals surface area contributed by atoms with Crippen LogP contribution in [0, 0.1) is 5.92 Å². The lowest BCUT2D eigenvalue weighted by atomic mass is 9.95. The van der Waals surface area contributed by atoms with E-state index in [1.807, 2.05) is 29.2 Å². The van der Waals surface area contributed by atoms with Crippen molar-refractivity contribution in [2.75, 3.05) is 18.0 Å². The van der Waals surface area contributed by atoms with E-state index >= 15 is 0 Å². The summed E-state index contributed by atoms with van der Waals surface area (Å²) in [6.07, 6.45) is 2.22. The molecule has 0 bridgehead atoms. The minimum absolute atomic E-state index is 0.0307. The molecule has 0 atom stereocenters. The second kappa shape index (κ2) is 10.2. The van der Waals surface area contributed by atoms with Crippen LogP contribution in [0.15, 0.2) is 36.5 Å². The van der Waals surface area contributed by atoms with Crippen LogP contribution in [0.3, 0.4) is 0 Å². The zero-order valence-electron chi connectivity index (χ0n) is 18.2. The summed E-state index contributed by atoms with van der Waals surface area (Å²) in [4.78, 5) is 18.5. The first-order valence-corrected chi connectivity index (χ1v) is 11.7. The van der Waals surface area contributed by atoms with Gasteiger partial charge in [0.25, 0.3) is 0 Å². The molecule has 1 aliphatic heterocycles. The smallest absolute Gasteiger partial charge is 0.417 e. The van der Waals surface area contributed by atoms with Crippen molar-refractivity contribution in [1.82, 2.24) is 10.3 Å². The Hall–Kier alpha value is -2.48. The number of hydrogen-bond acceptors (Lipinski definition) is 4. The van der Waals surface area contributed by atoms with Crippen molar-refractivity contribution in [2.24, 2.45) is 5.92 Å². The maximum atomic E-state index is 12.8. The third-order valence-corrected chi connectivity index (χ3v) is 6.61. The Labute approximate surface area is 196 Å². The molecule has 0 radical (unpaired) electrons. The van der Waals surface area contributed by atoms with Crippen molar-refractivity contribution in [1.29, 1.82) is 0 Å². The summed E-state index contributed by atoms with van der Waals surface area (Å²) in [7, 11) is 0. The maximum Gasteiger partial charge on any atom is 0.417 e. The average Bonchev–Trinajstić information content (AvgIpc) is 3.31. The molecule has 5 nitrogen and oxygen atoms in total. The number of pyridine rings is 1. The first kappa shape index (κ1) is 23.7. The summed E-state index contributed by atoms with van der Waals surface area (Å²) < 4.78 is 44.7. The Morgan fingerprint density at radius 1 is 1.15 bits per heavy atom. The van der Waals surface area contributed by atoms with Gasteiger partial charge in [-0.1, -0.05) is 29.8 Å². The summed E-state index contributed by atoms with van der Waals surface area (Å²) in [5.74, 6) is 0.943.